The average Bonchev–Trinajstić information content (AvgIpc) is 2.77. The van der Waals surface area contributed by atoms with Crippen LogP contribution in [-0.2, 0) is 0 Å². The normalized spacial score (nSPS) is 10.0. The molecular formula is C11H7Br2N3O2S. The van der Waals surface area contributed by atoms with Crippen molar-refractivity contribution in [1.29, 1.82) is 0 Å². The van der Waals surface area contributed by atoms with Crippen molar-refractivity contribution in [2.24, 2.45) is 0 Å². The van der Waals surface area contributed by atoms with Gasteiger partial charge < -0.3 is 0 Å². The zero-order valence-electron chi connectivity index (χ0n) is 9.31. The number of hydrogen-bond acceptors (Lipinski definition) is 4. The van der Waals surface area contributed by atoms with Gasteiger partial charge in [0.05, 0.1) is 8.66 Å². The Morgan fingerprint density at radius 1 is 1.11 bits per heavy atom. The van der Waals surface area contributed by atoms with Gasteiger partial charge in [-0.15, -0.1) is 11.3 Å². The largest absolute Gasteiger partial charge is 0.279 e. The predicted molar refractivity (Wildman–Crippen MR) is 78.9 cm³/mol. The predicted octanol–water partition coefficient (Wildman–Crippen LogP) is 2.74. The Hall–Kier alpha value is -1.25. The van der Waals surface area contributed by atoms with Crippen LogP contribution in [0.25, 0.3) is 0 Å². The molecule has 0 aromatic carbocycles. The molecule has 0 spiro atoms. The number of nitrogens with one attached hydrogen (secondary N) is 2. The van der Waals surface area contributed by atoms with Crippen molar-refractivity contribution in [3.8, 4) is 0 Å². The number of hydrazine groups is 1. The summed E-state index contributed by atoms with van der Waals surface area (Å²) in [4.78, 5) is 27.7. The minimum atomic E-state index is -0.398. The fraction of sp³-hybridized carbons (Fsp3) is 0. The summed E-state index contributed by atoms with van der Waals surface area (Å²) in [5, 5.41) is 0. The lowest BCUT2D eigenvalue weighted by molar-refractivity contribution is 0.0849. The van der Waals surface area contributed by atoms with E-state index in [2.05, 4.69) is 47.7 Å². The molecule has 2 rings (SSSR count). The first-order chi connectivity index (χ1) is 9.08. The summed E-state index contributed by atoms with van der Waals surface area (Å²) in [7, 11) is 0. The van der Waals surface area contributed by atoms with E-state index in [0.717, 1.165) is 8.26 Å². The minimum absolute atomic E-state index is 0.376. The number of pyridine rings is 1. The van der Waals surface area contributed by atoms with Crippen molar-refractivity contribution in [3.05, 3.63) is 49.3 Å². The van der Waals surface area contributed by atoms with Crippen molar-refractivity contribution in [2.45, 2.75) is 0 Å². The highest BCUT2D eigenvalue weighted by molar-refractivity contribution is 9.13. The van der Waals surface area contributed by atoms with Crippen LogP contribution in [0.15, 0.2) is 38.9 Å². The first kappa shape index (κ1) is 14.2. The quantitative estimate of drug-likeness (QED) is 0.756. The molecule has 98 valence electrons. The fourth-order valence-electron chi connectivity index (χ4n) is 1.21. The van der Waals surface area contributed by atoms with Crippen LogP contribution in [0.5, 0.6) is 0 Å². The number of aromatic nitrogens is 1. The van der Waals surface area contributed by atoms with Crippen LogP contribution in [0.3, 0.4) is 0 Å². The van der Waals surface area contributed by atoms with Gasteiger partial charge in [0.15, 0.2) is 0 Å². The number of rotatable bonds is 2. The summed E-state index contributed by atoms with van der Waals surface area (Å²) >= 11 is 7.86. The molecule has 2 N–H and O–H groups in total. The van der Waals surface area contributed by atoms with Gasteiger partial charge in [-0.2, -0.15) is 0 Å². The molecule has 0 atom stereocenters. The summed E-state index contributed by atoms with van der Waals surface area (Å²) in [5.74, 6) is -0.774. The molecule has 0 aliphatic rings. The van der Waals surface area contributed by atoms with Crippen molar-refractivity contribution in [2.75, 3.05) is 0 Å². The monoisotopic (exact) mass is 403 g/mol. The SMILES string of the molecule is O=C(NNC(=O)c1cc(Br)c(Br)s1)c1ccncc1. The Balaban J connectivity index is 1.96. The minimum Gasteiger partial charge on any atom is -0.267 e. The lowest BCUT2D eigenvalue weighted by atomic mass is 10.3. The summed E-state index contributed by atoms with van der Waals surface area (Å²) in [5.41, 5.74) is 5.10. The standard InChI is InChI=1S/C11H7Br2N3O2S/c12-7-5-8(19-9(7)13)11(18)16-15-10(17)6-1-3-14-4-2-6/h1-5H,(H,15,17)(H,16,18). The van der Waals surface area contributed by atoms with E-state index < -0.39 is 5.91 Å². The highest BCUT2D eigenvalue weighted by Gasteiger charge is 2.13. The molecule has 0 aliphatic carbocycles. The molecule has 0 radical (unpaired) electrons. The molecule has 2 aromatic heterocycles. The molecule has 0 fully saturated rings. The first-order valence-corrected chi connectivity index (χ1v) is 7.43. The fourth-order valence-corrected chi connectivity index (χ4v) is 3.14. The van der Waals surface area contributed by atoms with Gasteiger partial charge in [0, 0.05) is 22.4 Å². The Labute approximate surface area is 129 Å². The summed E-state index contributed by atoms with van der Waals surface area (Å²) in [6.07, 6.45) is 3.01. The van der Waals surface area contributed by atoms with Crippen LogP contribution in [0.2, 0.25) is 0 Å². The van der Waals surface area contributed by atoms with Gasteiger partial charge >= 0.3 is 0 Å². The third-order valence-corrected chi connectivity index (χ3v) is 5.36. The molecule has 5 nitrogen and oxygen atoms in total. The second-order valence-electron chi connectivity index (χ2n) is 3.38. The second-order valence-corrected chi connectivity index (χ2v) is 6.60. The molecule has 19 heavy (non-hydrogen) atoms. The maximum Gasteiger partial charge on any atom is 0.279 e. The Kier molecular flexibility index (Phi) is 4.67. The number of nitrogens with zero attached hydrogens (tertiary/aromatic N) is 1. The third-order valence-electron chi connectivity index (χ3n) is 2.10. The Bertz CT molecular complexity index is 596. The summed E-state index contributed by atoms with van der Waals surface area (Å²) in [6, 6.07) is 4.78. The van der Waals surface area contributed by atoms with Crippen molar-refractivity contribution in [1.82, 2.24) is 15.8 Å². The van der Waals surface area contributed by atoms with E-state index in [-0.39, 0.29) is 5.91 Å². The molecule has 2 heterocycles. The molecule has 2 amide bonds. The molecule has 0 unspecified atom stereocenters. The van der Waals surface area contributed by atoms with E-state index in [0.29, 0.717) is 10.4 Å². The number of amides is 2. The number of carbonyl (C=O) groups excluding carboxylic acids is 2. The molecule has 2 aromatic rings. The van der Waals surface area contributed by atoms with E-state index in [1.807, 2.05) is 0 Å². The zero-order valence-corrected chi connectivity index (χ0v) is 13.3. The maximum absolute atomic E-state index is 11.8. The number of halogens is 2. The highest BCUT2D eigenvalue weighted by atomic mass is 79.9. The number of hydrogen-bond donors (Lipinski definition) is 2. The number of carbonyl (C=O) groups is 2. The van der Waals surface area contributed by atoms with Gasteiger partial charge in [-0.3, -0.25) is 25.4 Å². The average molecular weight is 405 g/mol. The zero-order chi connectivity index (χ0) is 13.8. The van der Waals surface area contributed by atoms with Crippen LogP contribution in [0.1, 0.15) is 20.0 Å². The van der Waals surface area contributed by atoms with Gasteiger partial charge in [-0.1, -0.05) is 0 Å². The first-order valence-electron chi connectivity index (χ1n) is 5.03. The van der Waals surface area contributed by atoms with Gasteiger partial charge in [-0.05, 0) is 50.1 Å². The second kappa shape index (κ2) is 6.27. The lowest BCUT2D eigenvalue weighted by Gasteiger charge is -2.05. The van der Waals surface area contributed by atoms with Crippen LogP contribution in [-0.4, -0.2) is 16.8 Å². The molecule has 0 bridgehead atoms. The van der Waals surface area contributed by atoms with Crippen molar-refractivity contribution >= 4 is 55.0 Å². The van der Waals surface area contributed by atoms with Gasteiger partial charge in [0.2, 0.25) is 0 Å². The highest BCUT2D eigenvalue weighted by Crippen LogP contribution is 2.32. The Morgan fingerprint density at radius 2 is 1.74 bits per heavy atom. The smallest absolute Gasteiger partial charge is 0.267 e. The molecule has 8 heteroatoms. The van der Waals surface area contributed by atoms with E-state index in [1.165, 1.54) is 23.7 Å². The van der Waals surface area contributed by atoms with Gasteiger partial charge in [0.1, 0.15) is 0 Å². The van der Waals surface area contributed by atoms with Gasteiger partial charge in [0.25, 0.3) is 11.8 Å². The van der Waals surface area contributed by atoms with Crippen LogP contribution in [0.4, 0.5) is 0 Å². The van der Waals surface area contributed by atoms with Crippen molar-refractivity contribution in [3.63, 3.8) is 0 Å². The van der Waals surface area contributed by atoms with E-state index in [4.69, 9.17) is 0 Å². The summed E-state index contributed by atoms with van der Waals surface area (Å²) < 4.78 is 1.61. The third kappa shape index (κ3) is 3.62. The number of thiophene rings is 1. The Morgan fingerprint density at radius 3 is 2.32 bits per heavy atom. The molecule has 0 saturated heterocycles. The topological polar surface area (TPSA) is 71.1 Å². The van der Waals surface area contributed by atoms with Crippen LogP contribution < -0.4 is 10.9 Å². The molecule has 0 saturated carbocycles. The van der Waals surface area contributed by atoms with Crippen LogP contribution >= 0.6 is 43.2 Å². The molecular weight excluding hydrogens is 398 g/mol. The van der Waals surface area contributed by atoms with Gasteiger partial charge in [-0.25, -0.2) is 0 Å². The van der Waals surface area contributed by atoms with E-state index >= 15 is 0 Å². The van der Waals surface area contributed by atoms with E-state index in [9.17, 15) is 9.59 Å². The maximum atomic E-state index is 11.8. The van der Waals surface area contributed by atoms with E-state index in [1.54, 1.807) is 18.2 Å². The lowest BCUT2D eigenvalue weighted by Crippen LogP contribution is -2.41. The summed E-state index contributed by atoms with van der Waals surface area (Å²) in [6.45, 7) is 0. The van der Waals surface area contributed by atoms with Crippen molar-refractivity contribution < 1.29 is 9.59 Å². The molecule has 0 aliphatic heterocycles. The van der Waals surface area contributed by atoms with Crippen LogP contribution in [0, 0.1) is 0 Å².